The Morgan fingerprint density at radius 3 is 2.54 bits per heavy atom. The molecule has 1 unspecified atom stereocenters. The number of para-hydroxylation sites is 1. The third-order valence-electron chi connectivity index (χ3n) is 4.98. The summed E-state index contributed by atoms with van der Waals surface area (Å²) in [5, 5.41) is 11.9. The van der Waals surface area contributed by atoms with Crippen LogP contribution >= 0.6 is 23.1 Å². The molecule has 0 fully saturated rings. The van der Waals surface area contributed by atoms with Crippen LogP contribution in [0.3, 0.4) is 0 Å². The van der Waals surface area contributed by atoms with Crippen molar-refractivity contribution in [3.63, 3.8) is 0 Å². The highest BCUT2D eigenvalue weighted by atomic mass is 32.2. The van der Waals surface area contributed by atoms with E-state index in [9.17, 15) is 14.4 Å². The number of nitrogens with zero attached hydrogens (tertiary/aromatic N) is 3. The van der Waals surface area contributed by atoms with E-state index in [0.29, 0.717) is 28.8 Å². The Balaban J connectivity index is 1.75. The van der Waals surface area contributed by atoms with Crippen molar-refractivity contribution in [3.8, 4) is 5.75 Å². The van der Waals surface area contributed by atoms with Gasteiger partial charge < -0.3 is 20.5 Å². The Hall–Kier alpha value is -3.64. The number of carbonyl (C=O) groups is 3. The van der Waals surface area contributed by atoms with Gasteiger partial charge in [-0.3, -0.25) is 14.2 Å². The van der Waals surface area contributed by atoms with E-state index in [2.05, 4.69) is 22.1 Å². The molecule has 196 valence electrons. The molecule has 37 heavy (non-hydrogen) atoms. The molecule has 2 aromatic heterocycles. The highest BCUT2D eigenvalue weighted by molar-refractivity contribution is 7.99. The number of nitrogens with two attached hydrogens (primary N) is 1. The number of thiophene rings is 1. The van der Waals surface area contributed by atoms with Crippen molar-refractivity contribution in [1.29, 1.82) is 0 Å². The first kappa shape index (κ1) is 27.9. The molecule has 0 aliphatic rings. The summed E-state index contributed by atoms with van der Waals surface area (Å²) in [5.41, 5.74) is 5.94. The van der Waals surface area contributed by atoms with Crippen molar-refractivity contribution < 1.29 is 23.9 Å². The van der Waals surface area contributed by atoms with Crippen LogP contribution in [0.2, 0.25) is 0 Å². The lowest BCUT2D eigenvalue weighted by molar-refractivity contribution is -0.113. The van der Waals surface area contributed by atoms with Crippen LogP contribution in [-0.4, -0.2) is 44.4 Å². The maximum atomic E-state index is 12.8. The standard InChI is InChI=1S/C25H29N5O5S2/c1-6-12-30-22(16(5)35-17-10-8-7-9-11-17)28-29-25(30)36-13-18(31)27-23-19(24(33)34-14(2)3)15(4)20(37-23)21(26)32/h6-11,14,16H,1,12-13H2,2-5H3,(H2,26,32)(H,27,31). The molecular formula is C25H29N5O5S2. The van der Waals surface area contributed by atoms with Gasteiger partial charge in [0.15, 0.2) is 17.1 Å². The number of amides is 2. The second kappa shape index (κ2) is 12.5. The number of ether oxygens (including phenoxy) is 2. The van der Waals surface area contributed by atoms with Crippen LogP contribution in [0.15, 0.2) is 48.1 Å². The molecule has 0 spiro atoms. The van der Waals surface area contributed by atoms with Crippen LogP contribution in [-0.2, 0) is 16.1 Å². The van der Waals surface area contributed by atoms with E-state index in [0.717, 1.165) is 11.3 Å². The summed E-state index contributed by atoms with van der Waals surface area (Å²) in [4.78, 5) is 37.5. The van der Waals surface area contributed by atoms with Crippen molar-refractivity contribution in [2.24, 2.45) is 5.73 Å². The van der Waals surface area contributed by atoms with Gasteiger partial charge in [-0.25, -0.2) is 4.79 Å². The first-order valence-corrected chi connectivity index (χ1v) is 13.2. The summed E-state index contributed by atoms with van der Waals surface area (Å²) < 4.78 is 13.1. The predicted octanol–water partition coefficient (Wildman–Crippen LogP) is 4.37. The number of carbonyl (C=O) groups excluding carboxylic acids is 3. The fourth-order valence-corrected chi connectivity index (χ4v) is 5.23. The molecule has 0 radical (unpaired) electrons. The van der Waals surface area contributed by atoms with Gasteiger partial charge in [-0.1, -0.05) is 36.0 Å². The van der Waals surface area contributed by atoms with Crippen molar-refractivity contribution in [2.45, 2.75) is 51.6 Å². The minimum absolute atomic E-state index is 0.0231. The summed E-state index contributed by atoms with van der Waals surface area (Å²) in [5.74, 6) is -0.459. The molecule has 0 saturated heterocycles. The zero-order chi connectivity index (χ0) is 27.1. The van der Waals surface area contributed by atoms with E-state index in [1.165, 1.54) is 11.8 Å². The highest BCUT2D eigenvalue weighted by Gasteiger charge is 2.27. The van der Waals surface area contributed by atoms with Crippen LogP contribution in [0.1, 0.15) is 58.3 Å². The molecule has 1 atom stereocenters. The molecule has 0 aliphatic heterocycles. The Bertz CT molecular complexity index is 1290. The third kappa shape index (κ3) is 6.98. The minimum Gasteiger partial charge on any atom is -0.483 e. The van der Waals surface area contributed by atoms with Gasteiger partial charge in [0.25, 0.3) is 5.91 Å². The van der Waals surface area contributed by atoms with Gasteiger partial charge >= 0.3 is 5.97 Å². The maximum absolute atomic E-state index is 12.8. The molecule has 2 heterocycles. The van der Waals surface area contributed by atoms with Crippen molar-refractivity contribution >= 4 is 45.9 Å². The summed E-state index contributed by atoms with van der Waals surface area (Å²) >= 11 is 2.11. The molecule has 1 aromatic carbocycles. The summed E-state index contributed by atoms with van der Waals surface area (Å²) in [6.07, 6.45) is 0.939. The quantitative estimate of drug-likeness (QED) is 0.195. The molecule has 0 bridgehead atoms. The number of nitrogens with one attached hydrogen (secondary N) is 1. The van der Waals surface area contributed by atoms with Gasteiger partial charge in [-0.2, -0.15) is 0 Å². The molecule has 0 saturated carbocycles. The van der Waals surface area contributed by atoms with Crippen molar-refractivity contribution in [1.82, 2.24) is 14.8 Å². The number of rotatable bonds is 12. The van der Waals surface area contributed by atoms with E-state index >= 15 is 0 Å². The van der Waals surface area contributed by atoms with Gasteiger partial charge in [0.05, 0.1) is 22.3 Å². The minimum atomic E-state index is -0.687. The van der Waals surface area contributed by atoms with Gasteiger partial charge in [0, 0.05) is 6.54 Å². The van der Waals surface area contributed by atoms with Crippen LogP contribution in [0.4, 0.5) is 5.00 Å². The number of hydrogen-bond acceptors (Lipinski definition) is 9. The number of allylic oxidation sites excluding steroid dienone is 1. The lowest BCUT2D eigenvalue weighted by Crippen LogP contribution is -2.18. The Kier molecular flexibility index (Phi) is 9.48. The second-order valence-electron chi connectivity index (χ2n) is 8.23. The van der Waals surface area contributed by atoms with Crippen molar-refractivity contribution in [2.75, 3.05) is 11.1 Å². The fourth-order valence-electron chi connectivity index (χ4n) is 3.41. The van der Waals surface area contributed by atoms with Crippen LogP contribution in [0.25, 0.3) is 0 Å². The molecule has 3 rings (SSSR count). The molecule has 10 nitrogen and oxygen atoms in total. The number of benzene rings is 1. The first-order valence-electron chi connectivity index (χ1n) is 11.4. The SMILES string of the molecule is C=CCn1c(SCC(=O)Nc2sc(C(N)=O)c(C)c2C(=O)OC(C)C)nnc1C(C)Oc1ccccc1. The second-order valence-corrected chi connectivity index (χ2v) is 10.2. The molecule has 3 aromatic rings. The summed E-state index contributed by atoms with van der Waals surface area (Å²) in [7, 11) is 0. The van der Waals surface area contributed by atoms with E-state index in [-0.39, 0.29) is 27.3 Å². The monoisotopic (exact) mass is 543 g/mol. The third-order valence-corrected chi connectivity index (χ3v) is 7.17. The van der Waals surface area contributed by atoms with Crippen LogP contribution in [0.5, 0.6) is 5.75 Å². The van der Waals surface area contributed by atoms with Crippen molar-refractivity contribution in [3.05, 3.63) is 64.8 Å². The van der Waals surface area contributed by atoms with Gasteiger partial charge in [-0.15, -0.1) is 28.1 Å². The van der Waals surface area contributed by atoms with Gasteiger partial charge in [0.1, 0.15) is 10.8 Å². The number of aromatic nitrogens is 3. The Morgan fingerprint density at radius 1 is 1.22 bits per heavy atom. The number of hydrogen-bond donors (Lipinski definition) is 2. The fraction of sp³-hybridized carbons (Fsp3) is 0.320. The van der Waals surface area contributed by atoms with Crippen LogP contribution in [0, 0.1) is 6.92 Å². The van der Waals surface area contributed by atoms with Gasteiger partial charge in [0.2, 0.25) is 5.91 Å². The van der Waals surface area contributed by atoms with E-state index in [4.69, 9.17) is 15.2 Å². The highest BCUT2D eigenvalue weighted by Crippen LogP contribution is 2.34. The zero-order valence-corrected chi connectivity index (χ0v) is 22.6. The average Bonchev–Trinajstić information content (AvgIpc) is 3.38. The van der Waals surface area contributed by atoms with E-state index < -0.39 is 23.9 Å². The maximum Gasteiger partial charge on any atom is 0.341 e. The first-order chi connectivity index (χ1) is 17.6. The Labute approximate surface area is 223 Å². The molecule has 2 amide bonds. The summed E-state index contributed by atoms with van der Waals surface area (Å²) in [6, 6.07) is 9.37. The van der Waals surface area contributed by atoms with Gasteiger partial charge in [-0.05, 0) is 45.4 Å². The normalized spacial score (nSPS) is 11.7. The smallest absolute Gasteiger partial charge is 0.341 e. The lowest BCUT2D eigenvalue weighted by atomic mass is 10.1. The molecule has 12 heteroatoms. The molecule has 0 aliphatic carbocycles. The number of thioether (sulfide) groups is 1. The molecule has 3 N–H and O–H groups in total. The Morgan fingerprint density at radius 2 is 1.92 bits per heavy atom. The summed E-state index contributed by atoms with van der Waals surface area (Å²) in [6.45, 7) is 11.1. The van der Waals surface area contributed by atoms with E-state index in [1.807, 2.05) is 41.8 Å². The molecular weight excluding hydrogens is 514 g/mol. The topological polar surface area (TPSA) is 138 Å². The lowest BCUT2D eigenvalue weighted by Gasteiger charge is -2.15. The largest absolute Gasteiger partial charge is 0.483 e. The number of anilines is 1. The zero-order valence-electron chi connectivity index (χ0n) is 21.0. The van der Waals surface area contributed by atoms with Crippen LogP contribution < -0.4 is 15.8 Å². The average molecular weight is 544 g/mol. The predicted molar refractivity (Wildman–Crippen MR) is 143 cm³/mol. The number of esters is 1. The van der Waals surface area contributed by atoms with E-state index in [1.54, 1.807) is 26.8 Å². The number of primary amides is 1.